The van der Waals surface area contributed by atoms with E-state index in [1.165, 1.54) is 37.0 Å². The Hall–Kier alpha value is -3.12. The van der Waals surface area contributed by atoms with Crippen molar-refractivity contribution in [3.63, 3.8) is 0 Å². The van der Waals surface area contributed by atoms with Crippen LogP contribution < -0.4 is 15.4 Å². The molecular formula is C26H26Cl2F3N5O3. The van der Waals surface area contributed by atoms with Gasteiger partial charge in [0.05, 0.1) is 33.5 Å². The fourth-order valence-electron chi connectivity index (χ4n) is 4.06. The third-order valence-electron chi connectivity index (χ3n) is 5.95. The third-order valence-corrected chi connectivity index (χ3v) is 6.73. The first kappa shape index (κ1) is 28.9. The van der Waals surface area contributed by atoms with Crippen molar-refractivity contribution >= 4 is 57.2 Å². The molecule has 39 heavy (non-hydrogen) atoms. The molecule has 0 spiro atoms. The molecule has 2 heterocycles. The SMILES string of the molecule is O=C(/C=C/CN1CCCCC1)Nc1cc2c(Nc3ccc(Cl)c(Cl)c3F)ncnc2cc1OCCOC(F)F. The second-order valence-corrected chi connectivity index (χ2v) is 9.45. The number of halogens is 5. The summed E-state index contributed by atoms with van der Waals surface area (Å²) in [7, 11) is 0. The Bertz CT molecular complexity index is 1340. The highest BCUT2D eigenvalue weighted by atomic mass is 35.5. The summed E-state index contributed by atoms with van der Waals surface area (Å²) >= 11 is 11.8. The number of anilines is 3. The minimum absolute atomic E-state index is 0.0279. The van der Waals surface area contributed by atoms with Gasteiger partial charge in [-0.3, -0.25) is 9.69 Å². The lowest BCUT2D eigenvalue weighted by Crippen LogP contribution is -2.29. The van der Waals surface area contributed by atoms with Gasteiger partial charge in [0.25, 0.3) is 0 Å². The van der Waals surface area contributed by atoms with Crippen molar-refractivity contribution in [2.24, 2.45) is 0 Å². The molecular weight excluding hydrogens is 558 g/mol. The number of piperidine rings is 1. The number of aromatic nitrogens is 2. The Morgan fingerprint density at radius 3 is 2.67 bits per heavy atom. The van der Waals surface area contributed by atoms with Crippen LogP contribution in [0.2, 0.25) is 10.0 Å². The second kappa shape index (κ2) is 13.8. The van der Waals surface area contributed by atoms with E-state index in [-0.39, 0.29) is 46.2 Å². The standard InChI is InChI=1S/C26H26Cl2F3N5O3/c27-17-6-7-18(24(29)23(17)28)35-25-16-13-20(34-22(37)5-4-10-36-8-2-1-3-9-36)21(14-19(16)32-15-33-25)38-11-12-39-26(30)31/h4-7,13-15,26H,1-3,8-12H2,(H,34,37)(H,32,33,35)/b5-4+. The molecule has 4 rings (SSSR count). The normalized spacial score (nSPS) is 14.3. The number of carbonyl (C=O) groups is 1. The lowest BCUT2D eigenvalue weighted by atomic mass is 10.1. The highest BCUT2D eigenvalue weighted by Gasteiger charge is 2.16. The van der Waals surface area contributed by atoms with Crippen LogP contribution in [0.4, 0.5) is 30.4 Å². The van der Waals surface area contributed by atoms with Gasteiger partial charge in [-0.2, -0.15) is 8.78 Å². The first-order chi connectivity index (χ1) is 18.8. The number of hydrogen-bond donors (Lipinski definition) is 2. The van der Waals surface area contributed by atoms with Crippen LogP contribution in [-0.2, 0) is 9.53 Å². The summed E-state index contributed by atoms with van der Waals surface area (Å²) in [6.07, 6.45) is 7.95. The van der Waals surface area contributed by atoms with E-state index in [4.69, 9.17) is 27.9 Å². The maximum atomic E-state index is 14.7. The number of alkyl halides is 2. The molecule has 208 valence electrons. The average molecular weight is 584 g/mol. The van der Waals surface area contributed by atoms with Gasteiger partial charge in [0.1, 0.15) is 24.5 Å². The molecule has 0 radical (unpaired) electrons. The molecule has 2 aromatic carbocycles. The minimum Gasteiger partial charge on any atom is -0.489 e. The number of hydrogen-bond acceptors (Lipinski definition) is 7. The highest BCUT2D eigenvalue weighted by Crippen LogP contribution is 2.35. The Labute approximate surface area is 233 Å². The number of amides is 1. The number of likely N-dealkylation sites (tertiary alicyclic amines) is 1. The topological polar surface area (TPSA) is 88.6 Å². The van der Waals surface area contributed by atoms with Crippen molar-refractivity contribution in [3.05, 3.63) is 58.6 Å². The highest BCUT2D eigenvalue weighted by molar-refractivity contribution is 6.42. The number of carbonyl (C=O) groups excluding carboxylic acids is 1. The van der Waals surface area contributed by atoms with Crippen LogP contribution >= 0.6 is 23.2 Å². The molecule has 0 bridgehead atoms. The zero-order chi connectivity index (χ0) is 27.8. The number of ether oxygens (including phenoxy) is 2. The number of benzene rings is 2. The molecule has 1 aliphatic heterocycles. The van der Waals surface area contributed by atoms with Gasteiger partial charge in [0.2, 0.25) is 5.91 Å². The van der Waals surface area contributed by atoms with E-state index in [9.17, 15) is 18.0 Å². The van der Waals surface area contributed by atoms with Crippen molar-refractivity contribution in [2.45, 2.75) is 25.9 Å². The molecule has 2 N–H and O–H groups in total. The van der Waals surface area contributed by atoms with Gasteiger partial charge in [0.15, 0.2) is 5.82 Å². The summed E-state index contributed by atoms with van der Waals surface area (Å²) in [5.41, 5.74) is 0.649. The average Bonchev–Trinajstić information content (AvgIpc) is 2.92. The lowest BCUT2D eigenvalue weighted by molar-refractivity contribution is -0.133. The van der Waals surface area contributed by atoms with E-state index in [0.29, 0.717) is 17.4 Å². The van der Waals surface area contributed by atoms with Gasteiger partial charge in [-0.15, -0.1) is 0 Å². The summed E-state index contributed by atoms with van der Waals surface area (Å²) in [6.45, 7) is -0.871. The number of rotatable bonds is 11. The zero-order valence-electron chi connectivity index (χ0n) is 20.7. The Morgan fingerprint density at radius 1 is 1.10 bits per heavy atom. The molecule has 1 fully saturated rings. The predicted octanol–water partition coefficient (Wildman–Crippen LogP) is 6.42. The summed E-state index contributed by atoms with van der Waals surface area (Å²) in [4.78, 5) is 23.4. The van der Waals surface area contributed by atoms with Crippen LogP contribution in [-0.4, -0.2) is 60.2 Å². The molecule has 8 nitrogen and oxygen atoms in total. The van der Waals surface area contributed by atoms with E-state index < -0.39 is 18.3 Å². The van der Waals surface area contributed by atoms with Crippen molar-refractivity contribution < 1.29 is 27.4 Å². The number of nitrogens with one attached hydrogen (secondary N) is 2. The Kier molecular flexibility index (Phi) is 10.2. The minimum atomic E-state index is -2.93. The van der Waals surface area contributed by atoms with Crippen molar-refractivity contribution in [2.75, 3.05) is 43.5 Å². The van der Waals surface area contributed by atoms with Crippen molar-refractivity contribution in [1.82, 2.24) is 14.9 Å². The Balaban J connectivity index is 1.59. The third kappa shape index (κ3) is 7.95. The van der Waals surface area contributed by atoms with E-state index in [2.05, 4.69) is 30.2 Å². The molecule has 0 aliphatic carbocycles. The van der Waals surface area contributed by atoms with Gasteiger partial charge in [-0.05, 0) is 44.1 Å². The molecule has 1 saturated heterocycles. The van der Waals surface area contributed by atoms with Crippen LogP contribution in [0.25, 0.3) is 10.9 Å². The fourth-order valence-corrected chi connectivity index (χ4v) is 4.38. The van der Waals surface area contributed by atoms with E-state index in [0.717, 1.165) is 25.9 Å². The van der Waals surface area contributed by atoms with Gasteiger partial charge < -0.3 is 20.1 Å². The first-order valence-corrected chi connectivity index (χ1v) is 13.0. The molecule has 1 amide bonds. The molecule has 1 aromatic heterocycles. The van der Waals surface area contributed by atoms with E-state index in [1.54, 1.807) is 12.1 Å². The van der Waals surface area contributed by atoms with Gasteiger partial charge >= 0.3 is 6.61 Å². The zero-order valence-corrected chi connectivity index (χ0v) is 22.2. The molecule has 0 unspecified atom stereocenters. The van der Waals surface area contributed by atoms with Crippen molar-refractivity contribution in [3.8, 4) is 5.75 Å². The first-order valence-electron chi connectivity index (χ1n) is 12.2. The van der Waals surface area contributed by atoms with Crippen LogP contribution in [0.15, 0.2) is 42.7 Å². The second-order valence-electron chi connectivity index (χ2n) is 8.67. The molecule has 0 saturated carbocycles. The fraction of sp³-hybridized carbons (Fsp3) is 0.346. The quantitative estimate of drug-likeness (QED) is 0.153. The van der Waals surface area contributed by atoms with Gasteiger partial charge in [-0.25, -0.2) is 14.4 Å². The monoisotopic (exact) mass is 583 g/mol. The van der Waals surface area contributed by atoms with Gasteiger partial charge in [-0.1, -0.05) is 35.7 Å². The summed E-state index contributed by atoms with van der Waals surface area (Å²) in [5.74, 6) is -0.770. The summed E-state index contributed by atoms with van der Waals surface area (Å²) in [5, 5.41) is 5.87. The molecule has 1 aliphatic rings. The number of fused-ring (bicyclic) bond motifs is 1. The van der Waals surface area contributed by atoms with Crippen LogP contribution in [0.5, 0.6) is 5.75 Å². The molecule has 3 aromatic rings. The van der Waals surface area contributed by atoms with Crippen LogP contribution in [0, 0.1) is 5.82 Å². The maximum absolute atomic E-state index is 14.7. The summed E-state index contributed by atoms with van der Waals surface area (Å²) < 4.78 is 49.3. The van der Waals surface area contributed by atoms with Crippen LogP contribution in [0.1, 0.15) is 19.3 Å². The maximum Gasteiger partial charge on any atom is 0.345 e. The smallest absolute Gasteiger partial charge is 0.345 e. The van der Waals surface area contributed by atoms with Gasteiger partial charge in [0, 0.05) is 24.1 Å². The molecule has 0 atom stereocenters. The van der Waals surface area contributed by atoms with Crippen molar-refractivity contribution in [1.29, 1.82) is 0 Å². The van der Waals surface area contributed by atoms with Crippen LogP contribution in [0.3, 0.4) is 0 Å². The predicted molar refractivity (Wildman–Crippen MR) is 145 cm³/mol. The lowest BCUT2D eigenvalue weighted by Gasteiger charge is -2.24. The number of nitrogens with zero attached hydrogens (tertiary/aromatic N) is 3. The van der Waals surface area contributed by atoms with E-state index in [1.807, 2.05) is 0 Å². The van der Waals surface area contributed by atoms with E-state index >= 15 is 0 Å². The largest absolute Gasteiger partial charge is 0.489 e. The molecule has 13 heteroatoms. The Morgan fingerprint density at radius 2 is 1.90 bits per heavy atom. The summed E-state index contributed by atoms with van der Waals surface area (Å²) in [6, 6.07) is 5.91.